The maximum Gasteiger partial charge on any atom is -0.0162 e. The molecule has 0 bridgehead atoms. The second kappa shape index (κ2) is 9.93. The molecule has 0 amide bonds. The van der Waals surface area contributed by atoms with Crippen molar-refractivity contribution >= 4 is 11.6 Å². The number of rotatable bonds is 7. The largest absolute Gasteiger partial charge is 0.0654 e. The van der Waals surface area contributed by atoms with Crippen LogP contribution in [0.3, 0.4) is 0 Å². The highest BCUT2D eigenvalue weighted by atomic mass is 14.3. The molecule has 1 aliphatic carbocycles. The molecule has 0 radical (unpaired) electrons. The fourth-order valence-electron chi connectivity index (χ4n) is 4.61. The highest BCUT2D eigenvalue weighted by Crippen LogP contribution is 2.37. The summed E-state index contributed by atoms with van der Waals surface area (Å²) in [6, 6.07) is 18.4. The van der Waals surface area contributed by atoms with Gasteiger partial charge in [0.25, 0.3) is 0 Å². The zero-order chi connectivity index (χ0) is 19.1. The summed E-state index contributed by atoms with van der Waals surface area (Å²) in [4.78, 5) is 0. The van der Waals surface area contributed by atoms with Crippen LogP contribution in [0, 0.1) is 5.92 Å². The fourth-order valence-corrected chi connectivity index (χ4v) is 4.61. The Hall–Kier alpha value is -1.82. The van der Waals surface area contributed by atoms with Crippen LogP contribution in [0.2, 0.25) is 0 Å². The third-order valence-electron chi connectivity index (χ3n) is 6.28. The second-order valence-electron chi connectivity index (χ2n) is 8.45. The molecule has 0 aliphatic heterocycles. The Labute approximate surface area is 166 Å². The molecule has 1 aliphatic rings. The van der Waals surface area contributed by atoms with Crippen LogP contribution in [0.5, 0.6) is 0 Å². The van der Waals surface area contributed by atoms with Crippen molar-refractivity contribution in [1.29, 1.82) is 0 Å². The molecule has 27 heavy (non-hydrogen) atoms. The number of benzene rings is 2. The van der Waals surface area contributed by atoms with E-state index in [-0.39, 0.29) is 0 Å². The molecular formula is C27H36. The maximum absolute atomic E-state index is 2.37. The van der Waals surface area contributed by atoms with E-state index >= 15 is 0 Å². The van der Waals surface area contributed by atoms with Crippen LogP contribution in [0.25, 0.3) is 11.6 Å². The van der Waals surface area contributed by atoms with Gasteiger partial charge in [-0.3, -0.25) is 0 Å². The number of allylic oxidation sites excluding steroid dienone is 1. The summed E-state index contributed by atoms with van der Waals surface area (Å²) in [5.74, 6) is 1.77. The van der Waals surface area contributed by atoms with Gasteiger partial charge in [-0.15, -0.1) is 0 Å². The van der Waals surface area contributed by atoms with Crippen molar-refractivity contribution < 1.29 is 0 Å². The Balaban J connectivity index is 1.62. The summed E-state index contributed by atoms with van der Waals surface area (Å²) < 4.78 is 0. The quantitative estimate of drug-likeness (QED) is 0.436. The van der Waals surface area contributed by atoms with Crippen molar-refractivity contribution in [2.45, 2.75) is 78.1 Å². The summed E-state index contributed by atoms with van der Waals surface area (Å²) >= 11 is 0. The summed E-state index contributed by atoms with van der Waals surface area (Å²) in [7, 11) is 0. The molecular weight excluding hydrogens is 324 g/mol. The first-order chi connectivity index (χ1) is 13.2. The lowest BCUT2D eigenvalue weighted by Crippen LogP contribution is -2.13. The van der Waals surface area contributed by atoms with E-state index in [2.05, 4.69) is 75.4 Å². The van der Waals surface area contributed by atoms with Crippen LogP contribution in [0.1, 0.15) is 93.9 Å². The minimum Gasteiger partial charge on any atom is -0.0654 e. The minimum absolute atomic E-state index is 0.781. The summed E-state index contributed by atoms with van der Waals surface area (Å²) in [6.07, 6.45) is 13.1. The third-order valence-corrected chi connectivity index (χ3v) is 6.28. The van der Waals surface area contributed by atoms with Crippen LogP contribution in [0.15, 0.2) is 48.5 Å². The van der Waals surface area contributed by atoms with Gasteiger partial charge in [0.15, 0.2) is 0 Å². The molecule has 2 aromatic rings. The van der Waals surface area contributed by atoms with Crippen molar-refractivity contribution in [3.8, 4) is 0 Å². The van der Waals surface area contributed by atoms with E-state index in [0.717, 1.165) is 11.8 Å². The van der Waals surface area contributed by atoms with E-state index in [1.165, 1.54) is 73.6 Å². The van der Waals surface area contributed by atoms with Crippen LogP contribution >= 0.6 is 0 Å². The third kappa shape index (κ3) is 5.58. The maximum atomic E-state index is 2.37. The zero-order valence-corrected chi connectivity index (χ0v) is 17.5. The molecule has 0 heterocycles. The Morgan fingerprint density at radius 1 is 0.852 bits per heavy atom. The van der Waals surface area contributed by atoms with Crippen LogP contribution in [-0.2, 0) is 6.42 Å². The highest BCUT2D eigenvalue weighted by Gasteiger charge is 2.21. The van der Waals surface area contributed by atoms with Crippen LogP contribution in [0.4, 0.5) is 0 Å². The normalized spacial score (nSPS) is 20.6. The lowest BCUT2D eigenvalue weighted by molar-refractivity contribution is 0.308. The van der Waals surface area contributed by atoms with Gasteiger partial charge in [0.05, 0.1) is 0 Å². The second-order valence-corrected chi connectivity index (χ2v) is 8.45. The molecule has 0 heteroatoms. The lowest BCUT2D eigenvalue weighted by Gasteiger charge is -2.28. The first kappa shape index (κ1) is 19.9. The molecule has 0 spiro atoms. The monoisotopic (exact) mass is 360 g/mol. The van der Waals surface area contributed by atoms with Crippen molar-refractivity contribution in [1.82, 2.24) is 0 Å². The molecule has 1 saturated carbocycles. The van der Waals surface area contributed by atoms with Crippen LogP contribution in [-0.4, -0.2) is 0 Å². The van der Waals surface area contributed by atoms with Crippen LogP contribution < -0.4 is 0 Å². The van der Waals surface area contributed by atoms with Gasteiger partial charge in [0.2, 0.25) is 0 Å². The van der Waals surface area contributed by atoms with Gasteiger partial charge in [-0.25, -0.2) is 0 Å². The summed E-state index contributed by atoms with van der Waals surface area (Å²) in [5, 5.41) is 0. The Bertz CT molecular complexity index is 710. The molecule has 2 aromatic carbocycles. The summed E-state index contributed by atoms with van der Waals surface area (Å²) in [5.41, 5.74) is 6.96. The predicted octanol–water partition coefficient (Wildman–Crippen LogP) is 8.27. The van der Waals surface area contributed by atoms with Crippen molar-refractivity contribution in [2.75, 3.05) is 0 Å². The van der Waals surface area contributed by atoms with Gasteiger partial charge in [-0.1, -0.05) is 87.7 Å². The van der Waals surface area contributed by atoms with Crippen molar-refractivity contribution in [3.63, 3.8) is 0 Å². The highest BCUT2D eigenvalue weighted by molar-refractivity contribution is 5.80. The molecule has 0 nitrogen and oxygen atoms in total. The van der Waals surface area contributed by atoms with Gasteiger partial charge < -0.3 is 0 Å². The molecule has 3 rings (SSSR count). The summed E-state index contributed by atoms with van der Waals surface area (Å²) in [6.45, 7) is 6.78. The molecule has 0 saturated heterocycles. The van der Waals surface area contributed by atoms with Crippen molar-refractivity contribution in [2.24, 2.45) is 5.92 Å². The van der Waals surface area contributed by atoms with E-state index in [1.807, 2.05) is 0 Å². The van der Waals surface area contributed by atoms with Gasteiger partial charge >= 0.3 is 0 Å². The molecule has 0 N–H and O–H groups in total. The van der Waals surface area contributed by atoms with Gasteiger partial charge in [-0.2, -0.15) is 0 Å². The molecule has 1 fully saturated rings. The number of hydrogen-bond donors (Lipinski definition) is 0. The first-order valence-electron chi connectivity index (χ1n) is 11.1. The standard InChI is InChI=1S/C27H36/c1-4-6-22-8-14-25(15-9-22)21(3)20-24-12-18-27(19-13-24)26-16-10-23(7-5-2)11-17-26/h8-9,12-15,18-20,23,26H,4-7,10-11,16-17H2,1-3H3. The fraction of sp³-hybridized carbons (Fsp3) is 0.481. The van der Waals surface area contributed by atoms with E-state index in [1.54, 1.807) is 5.56 Å². The van der Waals surface area contributed by atoms with Crippen molar-refractivity contribution in [3.05, 3.63) is 70.8 Å². The molecule has 144 valence electrons. The van der Waals surface area contributed by atoms with Gasteiger partial charge in [0, 0.05) is 0 Å². The molecule has 0 aromatic heterocycles. The SMILES string of the molecule is CCCc1ccc(C(C)=Cc2ccc(C3CCC(CCC)CC3)cc2)cc1. The predicted molar refractivity (Wildman–Crippen MR) is 120 cm³/mol. The number of hydrogen-bond acceptors (Lipinski definition) is 0. The lowest BCUT2D eigenvalue weighted by atomic mass is 9.77. The molecule has 0 atom stereocenters. The Kier molecular flexibility index (Phi) is 7.33. The Morgan fingerprint density at radius 3 is 2.11 bits per heavy atom. The smallest absolute Gasteiger partial charge is 0.0162 e. The van der Waals surface area contributed by atoms with Gasteiger partial charge in [0.1, 0.15) is 0 Å². The van der Waals surface area contributed by atoms with E-state index in [0.29, 0.717) is 0 Å². The first-order valence-corrected chi connectivity index (χ1v) is 11.1. The minimum atomic E-state index is 0.781. The number of aryl methyl sites for hydroxylation is 1. The van der Waals surface area contributed by atoms with E-state index in [9.17, 15) is 0 Å². The average molecular weight is 361 g/mol. The zero-order valence-electron chi connectivity index (χ0n) is 17.5. The molecule has 0 unspecified atom stereocenters. The average Bonchev–Trinajstić information content (AvgIpc) is 2.70. The van der Waals surface area contributed by atoms with Gasteiger partial charge in [-0.05, 0) is 78.7 Å². The van der Waals surface area contributed by atoms with E-state index < -0.39 is 0 Å². The Morgan fingerprint density at radius 2 is 1.52 bits per heavy atom. The topological polar surface area (TPSA) is 0 Å². The van der Waals surface area contributed by atoms with E-state index in [4.69, 9.17) is 0 Å².